The van der Waals surface area contributed by atoms with Crippen LogP contribution in [-0.4, -0.2) is 96.7 Å². The summed E-state index contributed by atoms with van der Waals surface area (Å²) in [5.41, 5.74) is 0. The van der Waals surface area contributed by atoms with Gasteiger partial charge in [0.25, 0.3) is 0 Å². The second-order valence-corrected chi connectivity index (χ2v) is 27.1. The third-order valence-corrected chi connectivity index (χ3v) is 16.9. The summed E-state index contributed by atoms with van der Waals surface area (Å²) in [4.78, 5) is 72.1. The lowest BCUT2D eigenvalue weighted by atomic mass is 10.00. The van der Waals surface area contributed by atoms with Crippen LogP contribution in [-0.2, 0) is 65.4 Å². The molecule has 0 spiro atoms. The third kappa shape index (κ3) is 54.7. The normalized spacial score (nSPS) is 15.1. The first-order valence-corrected chi connectivity index (χ1v) is 35.8. The predicted octanol–water partition coefficient (Wildman–Crippen LogP) is 17.0. The first-order chi connectivity index (χ1) is 39.2. The molecule has 0 saturated heterocycles. The van der Waals surface area contributed by atoms with Gasteiger partial charge in [-0.3, -0.25) is 37.3 Å². The van der Waals surface area contributed by atoms with Crippen molar-refractivity contribution >= 4 is 39.5 Å². The van der Waals surface area contributed by atoms with E-state index in [1.165, 1.54) is 96.3 Å². The predicted molar refractivity (Wildman–Crippen MR) is 326 cm³/mol. The first-order valence-electron chi connectivity index (χ1n) is 32.8. The van der Waals surface area contributed by atoms with Crippen LogP contribution in [0.25, 0.3) is 0 Å². The summed E-state index contributed by atoms with van der Waals surface area (Å²) in [7, 11) is -9.89. The first kappa shape index (κ1) is 80.1. The molecule has 0 aromatic carbocycles. The van der Waals surface area contributed by atoms with E-state index in [0.717, 1.165) is 114 Å². The molecule has 0 amide bonds. The summed E-state index contributed by atoms with van der Waals surface area (Å²) >= 11 is 0. The molecule has 7 atom stereocenters. The van der Waals surface area contributed by atoms with Crippen molar-refractivity contribution in [1.82, 2.24) is 0 Å². The summed E-state index contributed by atoms with van der Waals surface area (Å²) in [6.07, 6.45) is 32.3. The Labute approximate surface area is 498 Å². The molecule has 4 unspecified atom stereocenters. The van der Waals surface area contributed by atoms with E-state index in [1.807, 2.05) is 0 Å². The van der Waals surface area contributed by atoms with E-state index in [-0.39, 0.29) is 25.7 Å². The third-order valence-electron chi connectivity index (χ3n) is 15.0. The lowest BCUT2D eigenvalue weighted by molar-refractivity contribution is -0.161. The maximum absolute atomic E-state index is 13.0. The SMILES string of the molecule is CCC(C)CCCCCCCCC(=O)OC[C@H](COP(=O)(O)OC[C@H](O)COP(=O)(O)OC[C@@H](COC(=O)CCCCCCCCCCCC(C)C)OC(=O)CCCCCCCCC(C)CC)OC(=O)CCCCCCCCCC(C)C. The minimum absolute atomic E-state index is 0.102. The molecule has 486 valence electrons. The highest BCUT2D eigenvalue weighted by atomic mass is 31.2. The van der Waals surface area contributed by atoms with E-state index in [1.54, 1.807) is 0 Å². The van der Waals surface area contributed by atoms with Gasteiger partial charge < -0.3 is 33.8 Å². The van der Waals surface area contributed by atoms with Gasteiger partial charge in [0.1, 0.15) is 19.3 Å². The van der Waals surface area contributed by atoms with Crippen LogP contribution >= 0.6 is 15.6 Å². The van der Waals surface area contributed by atoms with Crippen LogP contribution in [0.5, 0.6) is 0 Å². The number of carbonyl (C=O) groups excluding carboxylic acids is 4. The lowest BCUT2D eigenvalue weighted by Gasteiger charge is -2.21. The maximum Gasteiger partial charge on any atom is 0.472 e. The van der Waals surface area contributed by atoms with Gasteiger partial charge >= 0.3 is 39.5 Å². The standard InChI is InChI=1S/C63H122O17P2/c1-9-55(7)41-33-25-19-21-28-36-44-61(66)74-50-58(79-62(67)45-37-29-18-14-16-24-32-40-54(5)6)51-77-81(69,70)75-47-57(64)48-76-82(71,72)78-52-59(80-63(68)46-38-30-22-20-26-34-42-56(8)10-2)49-73-60(65)43-35-27-17-13-11-12-15-23-31-39-53(3)4/h53-59,64H,9-52H2,1-8H3,(H,69,70)(H,71,72)/t55?,56?,57-,58+,59+/m0/s1. The van der Waals surface area contributed by atoms with Gasteiger partial charge in [0, 0.05) is 25.7 Å². The highest BCUT2D eigenvalue weighted by molar-refractivity contribution is 7.47. The second kappa shape index (κ2) is 53.3. The monoisotopic (exact) mass is 1210 g/mol. The molecule has 0 rings (SSSR count). The molecule has 0 heterocycles. The zero-order chi connectivity index (χ0) is 61.1. The van der Waals surface area contributed by atoms with Crippen molar-refractivity contribution in [1.29, 1.82) is 0 Å². The number of phosphoric acid groups is 2. The number of aliphatic hydroxyl groups excluding tert-OH is 1. The molecule has 0 fully saturated rings. The van der Waals surface area contributed by atoms with E-state index in [9.17, 15) is 43.2 Å². The van der Waals surface area contributed by atoms with Crippen LogP contribution < -0.4 is 0 Å². The van der Waals surface area contributed by atoms with Crippen molar-refractivity contribution in [3.8, 4) is 0 Å². The van der Waals surface area contributed by atoms with Gasteiger partial charge in [-0.05, 0) is 49.4 Å². The smallest absolute Gasteiger partial charge is 0.462 e. The van der Waals surface area contributed by atoms with E-state index in [2.05, 4.69) is 55.4 Å². The van der Waals surface area contributed by atoms with Crippen LogP contribution in [0.15, 0.2) is 0 Å². The minimum atomic E-state index is -4.94. The van der Waals surface area contributed by atoms with Gasteiger partial charge in [0.05, 0.1) is 26.4 Å². The van der Waals surface area contributed by atoms with Crippen molar-refractivity contribution in [2.45, 2.75) is 318 Å². The van der Waals surface area contributed by atoms with Gasteiger partial charge in [0.2, 0.25) is 0 Å². The Morgan fingerprint density at radius 2 is 0.585 bits per heavy atom. The number of unbranched alkanes of at least 4 members (excludes halogenated alkanes) is 24. The van der Waals surface area contributed by atoms with Crippen LogP contribution in [0.3, 0.4) is 0 Å². The molecule has 0 aromatic rings. The zero-order valence-corrected chi connectivity index (χ0v) is 54.9. The number of hydrogen-bond acceptors (Lipinski definition) is 15. The molecular formula is C63H122O17P2. The fraction of sp³-hybridized carbons (Fsp3) is 0.937. The van der Waals surface area contributed by atoms with Gasteiger partial charge in [-0.1, -0.05) is 248 Å². The van der Waals surface area contributed by atoms with Gasteiger partial charge in [-0.15, -0.1) is 0 Å². The molecule has 19 heteroatoms. The van der Waals surface area contributed by atoms with Crippen molar-refractivity contribution in [3.63, 3.8) is 0 Å². The Bertz CT molecular complexity index is 1650. The second-order valence-electron chi connectivity index (χ2n) is 24.2. The topological polar surface area (TPSA) is 237 Å². The summed E-state index contributed by atoms with van der Waals surface area (Å²) in [6, 6.07) is 0. The molecule has 82 heavy (non-hydrogen) atoms. The molecule has 0 saturated carbocycles. The number of rotatable bonds is 60. The molecule has 0 aliphatic heterocycles. The van der Waals surface area contributed by atoms with Crippen molar-refractivity contribution in [2.75, 3.05) is 39.6 Å². The maximum atomic E-state index is 13.0. The van der Waals surface area contributed by atoms with Gasteiger partial charge in [-0.2, -0.15) is 0 Å². The Morgan fingerprint density at radius 3 is 0.866 bits per heavy atom. The number of aliphatic hydroxyl groups is 1. The van der Waals surface area contributed by atoms with Crippen LogP contribution in [0, 0.1) is 23.7 Å². The number of esters is 4. The summed E-state index contributed by atoms with van der Waals surface area (Å²) in [5.74, 6) is 0.746. The van der Waals surface area contributed by atoms with Crippen LogP contribution in [0.1, 0.15) is 299 Å². The summed E-state index contributed by atoms with van der Waals surface area (Å²) < 4.78 is 67.9. The largest absolute Gasteiger partial charge is 0.472 e. The minimum Gasteiger partial charge on any atom is -0.462 e. The highest BCUT2D eigenvalue weighted by Crippen LogP contribution is 2.45. The van der Waals surface area contributed by atoms with E-state index >= 15 is 0 Å². The molecule has 0 radical (unpaired) electrons. The Balaban J connectivity index is 5.26. The van der Waals surface area contributed by atoms with Crippen LogP contribution in [0.2, 0.25) is 0 Å². The average molecular weight is 1210 g/mol. The quantitative estimate of drug-likeness (QED) is 0.0222. The fourth-order valence-electron chi connectivity index (χ4n) is 9.19. The number of ether oxygens (including phenoxy) is 4. The average Bonchev–Trinajstić information content (AvgIpc) is 3.43. The van der Waals surface area contributed by atoms with Gasteiger partial charge in [0.15, 0.2) is 12.2 Å². The fourth-order valence-corrected chi connectivity index (χ4v) is 10.8. The van der Waals surface area contributed by atoms with E-state index in [4.69, 9.17) is 37.0 Å². The molecule has 0 bridgehead atoms. The summed E-state index contributed by atoms with van der Waals surface area (Å²) in [5, 5.41) is 10.5. The van der Waals surface area contributed by atoms with Crippen molar-refractivity contribution in [3.05, 3.63) is 0 Å². The molecule has 0 aliphatic rings. The molecule has 0 aromatic heterocycles. The Hall–Kier alpha value is -1.94. The lowest BCUT2D eigenvalue weighted by Crippen LogP contribution is -2.30. The summed E-state index contributed by atoms with van der Waals surface area (Å²) in [6.45, 7) is 13.9. The van der Waals surface area contributed by atoms with Crippen molar-refractivity contribution in [2.24, 2.45) is 23.7 Å². The number of carbonyl (C=O) groups is 4. The Morgan fingerprint density at radius 1 is 0.341 bits per heavy atom. The van der Waals surface area contributed by atoms with Crippen molar-refractivity contribution < 1.29 is 80.2 Å². The number of phosphoric ester groups is 2. The van der Waals surface area contributed by atoms with Gasteiger partial charge in [-0.25, -0.2) is 9.13 Å². The molecule has 17 nitrogen and oxygen atoms in total. The van der Waals surface area contributed by atoms with E-state index < -0.39 is 97.5 Å². The molecule has 0 aliphatic carbocycles. The Kier molecular flexibility index (Phi) is 52.0. The van der Waals surface area contributed by atoms with E-state index in [0.29, 0.717) is 31.6 Å². The highest BCUT2D eigenvalue weighted by Gasteiger charge is 2.30. The number of hydrogen-bond donors (Lipinski definition) is 3. The zero-order valence-electron chi connectivity index (χ0n) is 53.1. The molecule has 3 N–H and O–H groups in total. The molecular weight excluding hydrogens is 1090 g/mol. The van der Waals surface area contributed by atoms with Crippen LogP contribution in [0.4, 0.5) is 0 Å².